The molecule has 2 nitrogen and oxygen atoms in total. The van der Waals surface area contributed by atoms with Gasteiger partial charge in [0.1, 0.15) is 0 Å². The number of carbonyl (C=O) groups excluding carboxylic acids is 1. The Balaban J connectivity index is 3.12. The molecule has 0 fully saturated rings. The molecule has 1 unspecified atom stereocenters. The number of esters is 1. The number of unbranched alkanes of at least 4 members (excludes halogenated alkanes) is 12. The molecule has 0 aliphatic carbocycles. The van der Waals surface area contributed by atoms with Crippen LogP contribution in [0.5, 0.6) is 0 Å². The molecule has 0 aliphatic heterocycles. The standard InChI is InChI=1S/C18H34BrFO2/c1-2-3-4-5-6-7-8-9-10-11-12-13-14-15-18(21)22-17(20)16-19/h17H,2-16H2,1H3. The van der Waals surface area contributed by atoms with Crippen LogP contribution in [0.15, 0.2) is 0 Å². The maximum Gasteiger partial charge on any atom is 0.308 e. The predicted molar refractivity (Wildman–Crippen MR) is 95.1 cm³/mol. The van der Waals surface area contributed by atoms with Crippen LogP contribution in [-0.4, -0.2) is 17.7 Å². The summed E-state index contributed by atoms with van der Waals surface area (Å²) in [5.74, 6) is -0.421. The molecule has 132 valence electrons. The van der Waals surface area contributed by atoms with Gasteiger partial charge < -0.3 is 4.74 Å². The van der Waals surface area contributed by atoms with Gasteiger partial charge in [-0.2, -0.15) is 0 Å². The summed E-state index contributed by atoms with van der Waals surface area (Å²) < 4.78 is 17.3. The van der Waals surface area contributed by atoms with Crippen molar-refractivity contribution in [2.75, 3.05) is 5.33 Å². The Kier molecular flexibility index (Phi) is 17.1. The number of hydrogen-bond acceptors (Lipinski definition) is 2. The molecule has 0 N–H and O–H groups in total. The van der Waals surface area contributed by atoms with Crippen molar-refractivity contribution in [1.29, 1.82) is 0 Å². The van der Waals surface area contributed by atoms with Crippen LogP contribution in [0, 0.1) is 0 Å². The number of hydrogen-bond donors (Lipinski definition) is 0. The van der Waals surface area contributed by atoms with Gasteiger partial charge in [-0.1, -0.05) is 99.9 Å². The van der Waals surface area contributed by atoms with E-state index in [1.165, 1.54) is 70.6 Å². The minimum atomic E-state index is -1.51. The quantitative estimate of drug-likeness (QED) is 0.169. The minimum absolute atomic E-state index is 0.0529. The second-order valence-electron chi connectivity index (χ2n) is 6.05. The first-order chi connectivity index (χ1) is 10.7. The molecule has 0 aromatic heterocycles. The third-order valence-corrected chi connectivity index (χ3v) is 4.37. The van der Waals surface area contributed by atoms with E-state index < -0.39 is 12.3 Å². The van der Waals surface area contributed by atoms with Gasteiger partial charge >= 0.3 is 5.97 Å². The van der Waals surface area contributed by atoms with E-state index in [-0.39, 0.29) is 5.33 Å². The fraction of sp³-hybridized carbons (Fsp3) is 0.944. The number of alkyl halides is 2. The molecule has 0 heterocycles. The highest BCUT2D eigenvalue weighted by molar-refractivity contribution is 9.09. The van der Waals surface area contributed by atoms with Crippen LogP contribution in [0.3, 0.4) is 0 Å². The lowest BCUT2D eigenvalue weighted by Crippen LogP contribution is -2.14. The van der Waals surface area contributed by atoms with Crippen molar-refractivity contribution in [3.8, 4) is 0 Å². The first-order valence-corrected chi connectivity index (χ1v) is 10.2. The molecule has 22 heavy (non-hydrogen) atoms. The monoisotopic (exact) mass is 380 g/mol. The lowest BCUT2D eigenvalue weighted by Gasteiger charge is -2.06. The second kappa shape index (κ2) is 17.2. The summed E-state index contributed by atoms with van der Waals surface area (Å²) in [6, 6.07) is 0. The van der Waals surface area contributed by atoms with Gasteiger partial charge in [0.05, 0.1) is 5.33 Å². The first-order valence-electron chi connectivity index (χ1n) is 9.10. The van der Waals surface area contributed by atoms with Gasteiger partial charge in [0.25, 0.3) is 6.36 Å². The Bertz CT molecular complexity index is 249. The van der Waals surface area contributed by atoms with E-state index in [0.29, 0.717) is 6.42 Å². The Morgan fingerprint density at radius 1 is 0.864 bits per heavy atom. The normalized spacial score (nSPS) is 12.3. The molecule has 0 aromatic rings. The summed E-state index contributed by atoms with van der Waals surface area (Å²) in [4.78, 5) is 11.2. The number of rotatable bonds is 16. The van der Waals surface area contributed by atoms with Gasteiger partial charge in [0.2, 0.25) is 0 Å². The summed E-state index contributed by atoms with van der Waals surface area (Å²) in [7, 11) is 0. The fourth-order valence-electron chi connectivity index (χ4n) is 2.52. The lowest BCUT2D eigenvalue weighted by molar-refractivity contribution is -0.155. The van der Waals surface area contributed by atoms with Gasteiger partial charge in [0.15, 0.2) is 0 Å². The average Bonchev–Trinajstić information content (AvgIpc) is 2.51. The van der Waals surface area contributed by atoms with Crippen molar-refractivity contribution in [2.45, 2.75) is 103 Å². The van der Waals surface area contributed by atoms with Crippen LogP contribution < -0.4 is 0 Å². The molecule has 0 aromatic carbocycles. The maximum absolute atomic E-state index is 12.8. The lowest BCUT2D eigenvalue weighted by atomic mass is 10.0. The van der Waals surface area contributed by atoms with Crippen LogP contribution in [0.2, 0.25) is 0 Å². The Morgan fingerprint density at radius 3 is 1.68 bits per heavy atom. The molecule has 0 amide bonds. The van der Waals surface area contributed by atoms with Crippen LogP contribution in [0.1, 0.15) is 96.8 Å². The summed E-state index contributed by atoms with van der Waals surface area (Å²) in [6.45, 7) is 2.25. The topological polar surface area (TPSA) is 26.3 Å². The molecule has 0 rings (SSSR count). The summed E-state index contributed by atoms with van der Waals surface area (Å²) >= 11 is 2.93. The minimum Gasteiger partial charge on any atom is -0.430 e. The van der Waals surface area contributed by atoms with E-state index >= 15 is 0 Å². The van der Waals surface area contributed by atoms with Crippen molar-refractivity contribution in [2.24, 2.45) is 0 Å². The van der Waals surface area contributed by atoms with E-state index in [1.54, 1.807) is 0 Å². The molecule has 1 atom stereocenters. The van der Waals surface area contributed by atoms with Crippen molar-refractivity contribution in [3.63, 3.8) is 0 Å². The third kappa shape index (κ3) is 16.3. The predicted octanol–water partition coefficient (Wildman–Crippen LogP) is 6.70. The Morgan fingerprint density at radius 2 is 1.27 bits per heavy atom. The van der Waals surface area contributed by atoms with E-state index in [0.717, 1.165) is 12.8 Å². The van der Waals surface area contributed by atoms with E-state index in [4.69, 9.17) is 0 Å². The highest BCUT2D eigenvalue weighted by Crippen LogP contribution is 2.13. The summed E-state index contributed by atoms with van der Waals surface area (Å²) in [5, 5.41) is 0.0529. The summed E-state index contributed by atoms with van der Waals surface area (Å²) in [6.07, 6.45) is 15.4. The van der Waals surface area contributed by atoms with Gasteiger partial charge in [-0.25, -0.2) is 4.39 Å². The molecule has 0 aliphatic rings. The van der Waals surface area contributed by atoms with E-state index in [2.05, 4.69) is 27.6 Å². The van der Waals surface area contributed by atoms with Crippen LogP contribution >= 0.6 is 15.9 Å². The molecular formula is C18H34BrFO2. The smallest absolute Gasteiger partial charge is 0.308 e. The SMILES string of the molecule is CCCCCCCCCCCCCCCC(=O)OC(F)CBr. The van der Waals surface area contributed by atoms with Gasteiger partial charge in [0, 0.05) is 6.42 Å². The van der Waals surface area contributed by atoms with Gasteiger partial charge in [-0.15, -0.1) is 0 Å². The Hall–Kier alpha value is -0.120. The van der Waals surface area contributed by atoms with Crippen molar-refractivity contribution in [1.82, 2.24) is 0 Å². The van der Waals surface area contributed by atoms with Crippen molar-refractivity contribution >= 4 is 21.9 Å². The molecular weight excluding hydrogens is 347 g/mol. The zero-order chi connectivity index (χ0) is 16.5. The van der Waals surface area contributed by atoms with Gasteiger partial charge in [-0.05, 0) is 6.42 Å². The Labute approximate surface area is 144 Å². The van der Waals surface area contributed by atoms with E-state index in [1.807, 2.05) is 0 Å². The molecule has 0 spiro atoms. The highest BCUT2D eigenvalue weighted by atomic mass is 79.9. The van der Waals surface area contributed by atoms with Crippen molar-refractivity contribution in [3.05, 3.63) is 0 Å². The highest BCUT2D eigenvalue weighted by Gasteiger charge is 2.10. The molecule has 0 radical (unpaired) electrons. The maximum atomic E-state index is 12.8. The largest absolute Gasteiger partial charge is 0.430 e. The van der Waals surface area contributed by atoms with Crippen LogP contribution in [-0.2, 0) is 9.53 Å². The second-order valence-corrected chi connectivity index (χ2v) is 6.69. The van der Waals surface area contributed by atoms with Crippen LogP contribution in [0.25, 0.3) is 0 Å². The van der Waals surface area contributed by atoms with Gasteiger partial charge in [-0.3, -0.25) is 4.79 Å². The zero-order valence-electron chi connectivity index (χ0n) is 14.3. The summed E-state index contributed by atoms with van der Waals surface area (Å²) in [5.41, 5.74) is 0. The number of ether oxygens (including phenoxy) is 1. The first kappa shape index (κ1) is 21.9. The third-order valence-electron chi connectivity index (χ3n) is 3.87. The molecule has 4 heteroatoms. The fourth-order valence-corrected chi connectivity index (χ4v) is 2.65. The number of carbonyl (C=O) groups is 1. The molecule has 0 saturated carbocycles. The average molecular weight is 381 g/mol. The van der Waals surface area contributed by atoms with Crippen molar-refractivity contribution < 1.29 is 13.9 Å². The zero-order valence-corrected chi connectivity index (χ0v) is 15.8. The molecule has 0 bridgehead atoms. The molecule has 0 saturated heterocycles. The van der Waals surface area contributed by atoms with E-state index in [9.17, 15) is 9.18 Å². The van der Waals surface area contributed by atoms with Crippen LogP contribution in [0.4, 0.5) is 4.39 Å². The number of halogens is 2.